The third kappa shape index (κ3) is 4.79. The Morgan fingerprint density at radius 3 is 2.61 bits per heavy atom. The van der Waals surface area contributed by atoms with E-state index in [0.717, 1.165) is 28.0 Å². The summed E-state index contributed by atoms with van der Waals surface area (Å²) in [6.07, 6.45) is 0.559. The van der Waals surface area contributed by atoms with E-state index >= 15 is 0 Å². The van der Waals surface area contributed by atoms with Gasteiger partial charge in [0, 0.05) is 25.1 Å². The largest absolute Gasteiger partial charge is 0.383 e. The van der Waals surface area contributed by atoms with E-state index in [4.69, 9.17) is 21.3 Å². The molecule has 1 aromatic heterocycles. The molecule has 0 fully saturated rings. The average Bonchev–Trinajstić information content (AvgIpc) is 3.13. The van der Waals surface area contributed by atoms with Crippen molar-refractivity contribution >= 4 is 28.5 Å². The fourth-order valence-corrected chi connectivity index (χ4v) is 3.98. The highest BCUT2D eigenvalue weighted by atomic mass is 35.5. The van der Waals surface area contributed by atoms with Crippen molar-refractivity contribution in [2.75, 3.05) is 20.3 Å². The summed E-state index contributed by atoms with van der Waals surface area (Å²) in [5, 5.41) is 3.68. The van der Waals surface area contributed by atoms with Crippen LogP contribution in [0, 0.1) is 0 Å². The van der Waals surface area contributed by atoms with Gasteiger partial charge in [-0.1, -0.05) is 66.2 Å². The minimum Gasteiger partial charge on any atom is -0.383 e. The molecule has 1 atom stereocenters. The fraction of sp³-hybridized carbons (Fsp3) is 0.200. The standard InChI is InChI=1S/C25H24ClN3O2/c1-31-15-14-27-25(30)24(19-9-3-2-4-10-19)29-22-13-6-5-12-21(22)28-23(29)17-18-8-7-11-20(26)16-18/h2-13,16,24H,14-15,17H2,1H3,(H,27,30)/t24-/m0/s1. The minimum atomic E-state index is -0.556. The van der Waals surface area contributed by atoms with Gasteiger partial charge in [0.05, 0.1) is 17.6 Å². The molecule has 1 N–H and O–H groups in total. The Balaban J connectivity index is 1.84. The highest BCUT2D eigenvalue weighted by Crippen LogP contribution is 2.28. The quantitative estimate of drug-likeness (QED) is 0.412. The van der Waals surface area contributed by atoms with Crippen LogP contribution in [0.15, 0.2) is 78.9 Å². The van der Waals surface area contributed by atoms with Crippen LogP contribution < -0.4 is 5.32 Å². The highest BCUT2D eigenvalue weighted by Gasteiger charge is 2.27. The lowest BCUT2D eigenvalue weighted by Gasteiger charge is -2.22. The number of aromatic nitrogens is 2. The van der Waals surface area contributed by atoms with Crippen LogP contribution in [-0.4, -0.2) is 35.7 Å². The molecular weight excluding hydrogens is 410 g/mol. The lowest BCUT2D eigenvalue weighted by molar-refractivity contribution is -0.123. The van der Waals surface area contributed by atoms with Gasteiger partial charge in [-0.25, -0.2) is 4.98 Å². The van der Waals surface area contributed by atoms with Gasteiger partial charge in [0.25, 0.3) is 0 Å². The number of carbonyl (C=O) groups excluding carboxylic acids is 1. The molecule has 6 heteroatoms. The van der Waals surface area contributed by atoms with Crippen LogP contribution in [-0.2, 0) is 16.0 Å². The summed E-state index contributed by atoms with van der Waals surface area (Å²) < 4.78 is 7.14. The molecular formula is C25H24ClN3O2. The van der Waals surface area contributed by atoms with Crippen molar-refractivity contribution in [1.82, 2.24) is 14.9 Å². The van der Waals surface area contributed by atoms with Crippen LogP contribution in [0.5, 0.6) is 0 Å². The second-order valence-corrected chi connectivity index (χ2v) is 7.73. The van der Waals surface area contributed by atoms with Crippen molar-refractivity contribution in [3.05, 3.63) is 101 Å². The Morgan fingerprint density at radius 2 is 1.84 bits per heavy atom. The van der Waals surface area contributed by atoms with Crippen molar-refractivity contribution in [3.63, 3.8) is 0 Å². The summed E-state index contributed by atoms with van der Waals surface area (Å²) in [7, 11) is 1.62. The van der Waals surface area contributed by atoms with Gasteiger partial charge in [-0.2, -0.15) is 0 Å². The SMILES string of the molecule is COCCNC(=O)[C@H](c1ccccc1)n1c(Cc2cccc(Cl)c2)nc2ccccc21. The lowest BCUT2D eigenvalue weighted by Crippen LogP contribution is -2.35. The number of ether oxygens (including phenoxy) is 1. The van der Waals surface area contributed by atoms with Gasteiger partial charge < -0.3 is 14.6 Å². The van der Waals surface area contributed by atoms with Crippen LogP contribution in [0.25, 0.3) is 11.0 Å². The van der Waals surface area contributed by atoms with E-state index in [1.807, 2.05) is 83.4 Å². The first-order valence-corrected chi connectivity index (χ1v) is 10.6. The molecule has 31 heavy (non-hydrogen) atoms. The number of methoxy groups -OCH3 is 1. The maximum absolute atomic E-state index is 13.4. The van der Waals surface area contributed by atoms with Crippen molar-refractivity contribution in [2.24, 2.45) is 0 Å². The van der Waals surface area contributed by atoms with Gasteiger partial charge in [0.2, 0.25) is 5.91 Å². The third-order valence-corrected chi connectivity index (χ3v) is 5.38. The van der Waals surface area contributed by atoms with Gasteiger partial charge >= 0.3 is 0 Å². The third-order valence-electron chi connectivity index (χ3n) is 5.15. The number of fused-ring (bicyclic) bond motifs is 1. The molecule has 3 aromatic carbocycles. The van der Waals surface area contributed by atoms with Crippen molar-refractivity contribution in [2.45, 2.75) is 12.5 Å². The number of carbonyl (C=O) groups is 1. The zero-order valence-corrected chi connectivity index (χ0v) is 18.0. The van der Waals surface area contributed by atoms with Gasteiger partial charge in [0.15, 0.2) is 0 Å². The first kappa shape index (κ1) is 21.1. The number of halogens is 1. The Labute approximate surface area is 186 Å². The number of nitrogens with zero attached hydrogens (tertiary/aromatic N) is 2. The van der Waals surface area contributed by atoms with E-state index in [9.17, 15) is 4.79 Å². The Kier molecular flexibility index (Phi) is 6.65. The van der Waals surface area contributed by atoms with Crippen LogP contribution >= 0.6 is 11.6 Å². The number of para-hydroxylation sites is 2. The minimum absolute atomic E-state index is 0.0984. The monoisotopic (exact) mass is 433 g/mol. The predicted molar refractivity (Wildman–Crippen MR) is 123 cm³/mol. The highest BCUT2D eigenvalue weighted by molar-refractivity contribution is 6.30. The molecule has 4 aromatic rings. The number of rotatable bonds is 8. The van der Waals surface area contributed by atoms with Crippen LogP contribution in [0.1, 0.15) is 23.0 Å². The molecule has 1 heterocycles. The number of hydrogen-bond donors (Lipinski definition) is 1. The first-order chi connectivity index (χ1) is 15.2. The molecule has 5 nitrogen and oxygen atoms in total. The Morgan fingerprint density at radius 1 is 1.06 bits per heavy atom. The van der Waals surface area contributed by atoms with Gasteiger partial charge in [-0.15, -0.1) is 0 Å². The average molecular weight is 434 g/mol. The molecule has 0 spiro atoms. The number of benzene rings is 3. The second kappa shape index (κ2) is 9.77. The zero-order chi connectivity index (χ0) is 21.6. The smallest absolute Gasteiger partial charge is 0.247 e. The van der Waals surface area contributed by atoms with E-state index < -0.39 is 6.04 Å². The van der Waals surface area contributed by atoms with Crippen LogP contribution in [0.4, 0.5) is 0 Å². The summed E-state index contributed by atoms with van der Waals surface area (Å²) in [5.41, 5.74) is 3.70. The predicted octanol–water partition coefficient (Wildman–Crippen LogP) is 4.63. The van der Waals surface area contributed by atoms with E-state index in [-0.39, 0.29) is 5.91 Å². The van der Waals surface area contributed by atoms with Crippen molar-refractivity contribution in [1.29, 1.82) is 0 Å². The van der Waals surface area contributed by atoms with Gasteiger partial charge in [-0.05, 0) is 35.4 Å². The maximum atomic E-state index is 13.4. The van der Waals surface area contributed by atoms with E-state index in [0.29, 0.717) is 24.6 Å². The van der Waals surface area contributed by atoms with Crippen molar-refractivity contribution in [3.8, 4) is 0 Å². The van der Waals surface area contributed by atoms with E-state index in [2.05, 4.69) is 5.32 Å². The van der Waals surface area contributed by atoms with Crippen LogP contribution in [0.3, 0.4) is 0 Å². The molecule has 0 radical (unpaired) electrons. The number of hydrogen-bond acceptors (Lipinski definition) is 3. The summed E-state index contributed by atoms with van der Waals surface area (Å²) in [6, 6.07) is 24.8. The Hall–Kier alpha value is -3.15. The summed E-state index contributed by atoms with van der Waals surface area (Å²) in [5.74, 6) is 0.706. The molecule has 0 aliphatic rings. The maximum Gasteiger partial charge on any atom is 0.247 e. The zero-order valence-electron chi connectivity index (χ0n) is 17.3. The number of nitrogens with one attached hydrogen (secondary N) is 1. The fourth-order valence-electron chi connectivity index (χ4n) is 3.76. The number of imidazole rings is 1. The molecule has 158 valence electrons. The molecule has 0 saturated heterocycles. The second-order valence-electron chi connectivity index (χ2n) is 7.29. The van der Waals surface area contributed by atoms with Crippen molar-refractivity contribution < 1.29 is 9.53 Å². The summed E-state index contributed by atoms with van der Waals surface area (Å²) in [4.78, 5) is 18.3. The van der Waals surface area contributed by atoms with E-state index in [1.165, 1.54) is 0 Å². The topological polar surface area (TPSA) is 56.1 Å². The molecule has 0 unspecified atom stereocenters. The molecule has 0 aliphatic carbocycles. The van der Waals surface area contributed by atoms with Gasteiger partial charge in [-0.3, -0.25) is 4.79 Å². The Bertz CT molecular complexity index is 1170. The summed E-state index contributed by atoms with van der Waals surface area (Å²) in [6.45, 7) is 0.891. The molecule has 1 amide bonds. The van der Waals surface area contributed by atoms with Gasteiger partial charge in [0.1, 0.15) is 11.9 Å². The summed E-state index contributed by atoms with van der Waals surface area (Å²) >= 11 is 6.21. The molecule has 0 saturated carbocycles. The molecule has 0 aliphatic heterocycles. The normalized spacial score (nSPS) is 12.1. The number of amides is 1. The lowest BCUT2D eigenvalue weighted by atomic mass is 10.0. The molecule has 0 bridgehead atoms. The van der Waals surface area contributed by atoms with E-state index in [1.54, 1.807) is 7.11 Å². The molecule has 4 rings (SSSR count). The van der Waals surface area contributed by atoms with Crippen LogP contribution in [0.2, 0.25) is 5.02 Å². The first-order valence-electron chi connectivity index (χ1n) is 10.2.